The van der Waals surface area contributed by atoms with E-state index in [0.29, 0.717) is 27.7 Å². The Bertz CT molecular complexity index is 990. The number of nitrogens with one attached hydrogen (secondary N) is 2. The maximum atomic E-state index is 12.4. The number of hydrogen-bond acceptors (Lipinski definition) is 6. The lowest BCUT2D eigenvalue weighted by Crippen LogP contribution is -2.13. The molecule has 0 radical (unpaired) electrons. The van der Waals surface area contributed by atoms with Crippen molar-refractivity contribution in [3.63, 3.8) is 0 Å². The van der Waals surface area contributed by atoms with Crippen molar-refractivity contribution in [2.24, 2.45) is 0 Å². The van der Waals surface area contributed by atoms with E-state index in [1.807, 2.05) is 31.3 Å². The fourth-order valence-electron chi connectivity index (χ4n) is 2.98. The second-order valence-corrected chi connectivity index (χ2v) is 8.03. The number of fused-ring (bicyclic) bond motifs is 1. The van der Waals surface area contributed by atoms with Gasteiger partial charge in [-0.25, -0.2) is 4.98 Å². The van der Waals surface area contributed by atoms with Crippen LogP contribution in [0.5, 0.6) is 0 Å². The largest absolute Gasteiger partial charge is 0.385 e. The van der Waals surface area contributed by atoms with E-state index in [4.69, 9.17) is 4.74 Å². The Morgan fingerprint density at radius 1 is 1.25 bits per heavy atom. The lowest BCUT2D eigenvalue weighted by molar-refractivity contribution is 0.194. The number of ether oxygens (including phenoxy) is 1. The number of aromatic nitrogens is 3. The molecule has 0 aliphatic heterocycles. The van der Waals surface area contributed by atoms with Crippen LogP contribution >= 0.6 is 11.8 Å². The summed E-state index contributed by atoms with van der Waals surface area (Å²) in [6, 6.07) is 7.61. The summed E-state index contributed by atoms with van der Waals surface area (Å²) in [7, 11) is 1.72. The monoisotopic (exact) mass is 398 g/mol. The van der Waals surface area contributed by atoms with E-state index in [2.05, 4.69) is 27.2 Å². The molecule has 2 aromatic heterocycles. The molecule has 2 heterocycles. The number of benzene rings is 1. The van der Waals surface area contributed by atoms with Crippen LogP contribution in [0.15, 0.2) is 41.5 Å². The number of methoxy groups -OCH3 is 1. The van der Waals surface area contributed by atoms with Crippen LogP contribution in [0.1, 0.15) is 31.2 Å². The van der Waals surface area contributed by atoms with Crippen molar-refractivity contribution >= 4 is 34.0 Å². The highest BCUT2D eigenvalue weighted by Gasteiger charge is 2.10. The number of aryl methyl sites for hydroxylation is 1. The third-order valence-electron chi connectivity index (χ3n) is 4.47. The second-order valence-electron chi connectivity index (χ2n) is 6.74. The molecular formula is C21H26N4O2S. The van der Waals surface area contributed by atoms with Gasteiger partial charge in [0, 0.05) is 30.9 Å². The molecule has 0 amide bonds. The standard InChI is InChI=1S/C21H26N4O2S/c1-4-17(7-8-27-3)28-13-20-24-19-10-15(5-6-18(19)21(26)25-20)23-16-9-14(2)11-22-12-16/h5-6,9-12,17,23H,4,7-8,13H2,1-3H3,(H,24,25,26). The summed E-state index contributed by atoms with van der Waals surface area (Å²) in [4.78, 5) is 24.2. The van der Waals surface area contributed by atoms with Crippen LogP contribution in [0.3, 0.4) is 0 Å². The van der Waals surface area contributed by atoms with Gasteiger partial charge >= 0.3 is 0 Å². The van der Waals surface area contributed by atoms with Crippen LogP contribution in [-0.4, -0.2) is 33.9 Å². The Morgan fingerprint density at radius 2 is 2.11 bits per heavy atom. The number of anilines is 2. The zero-order chi connectivity index (χ0) is 19.9. The number of pyridine rings is 1. The van der Waals surface area contributed by atoms with Gasteiger partial charge in [0.2, 0.25) is 0 Å². The van der Waals surface area contributed by atoms with Crippen molar-refractivity contribution in [2.75, 3.05) is 19.0 Å². The third-order valence-corrected chi connectivity index (χ3v) is 5.95. The zero-order valence-corrected chi connectivity index (χ0v) is 17.3. The summed E-state index contributed by atoms with van der Waals surface area (Å²) < 4.78 is 5.17. The average molecular weight is 399 g/mol. The molecule has 0 saturated heterocycles. The Balaban J connectivity index is 1.79. The van der Waals surface area contributed by atoms with Crippen molar-refractivity contribution in [3.8, 4) is 0 Å². The highest BCUT2D eigenvalue weighted by Crippen LogP contribution is 2.23. The first kappa shape index (κ1) is 20.4. The molecule has 1 aromatic carbocycles. The number of rotatable bonds is 9. The molecule has 6 nitrogen and oxygen atoms in total. The zero-order valence-electron chi connectivity index (χ0n) is 16.5. The van der Waals surface area contributed by atoms with E-state index < -0.39 is 0 Å². The van der Waals surface area contributed by atoms with Crippen molar-refractivity contribution in [1.82, 2.24) is 15.0 Å². The summed E-state index contributed by atoms with van der Waals surface area (Å²) in [5.74, 6) is 1.38. The number of aromatic amines is 1. The highest BCUT2D eigenvalue weighted by atomic mass is 32.2. The number of nitrogens with zero attached hydrogens (tertiary/aromatic N) is 2. The maximum absolute atomic E-state index is 12.4. The number of hydrogen-bond donors (Lipinski definition) is 2. The molecule has 3 rings (SSSR count). The number of thioether (sulfide) groups is 1. The van der Waals surface area contributed by atoms with Gasteiger partial charge in [-0.1, -0.05) is 6.92 Å². The van der Waals surface area contributed by atoms with Crippen molar-refractivity contribution in [2.45, 2.75) is 37.7 Å². The molecule has 0 fully saturated rings. The average Bonchev–Trinajstić information content (AvgIpc) is 2.68. The van der Waals surface area contributed by atoms with Gasteiger partial charge in [0.15, 0.2) is 0 Å². The van der Waals surface area contributed by atoms with E-state index in [1.54, 1.807) is 31.1 Å². The van der Waals surface area contributed by atoms with Gasteiger partial charge in [0.25, 0.3) is 5.56 Å². The fraction of sp³-hybridized carbons (Fsp3) is 0.381. The first-order valence-corrected chi connectivity index (χ1v) is 10.5. The quantitative estimate of drug-likeness (QED) is 0.555. The van der Waals surface area contributed by atoms with Gasteiger partial charge < -0.3 is 15.0 Å². The van der Waals surface area contributed by atoms with Crippen molar-refractivity contribution in [1.29, 1.82) is 0 Å². The van der Waals surface area contributed by atoms with Gasteiger partial charge in [0.05, 0.1) is 28.5 Å². The van der Waals surface area contributed by atoms with Crippen molar-refractivity contribution in [3.05, 3.63) is 58.4 Å². The van der Waals surface area contributed by atoms with Crippen LogP contribution in [0.2, 0.25) is 0 Å². The number of H-pyrrole nitrogens is 1. The second kappa shape index (κ2) is 9.71. The van der Waals surface area contributed by atoms with Gasteiger partial charge in [-0.2, -0.15) is 11.8 Å². The Morgan fingerprint density at radius 3 is 2.86 bits per heavy atom. The Hall–Kier alpha value is -2.38. The minimum Gasteiger partial charge on any atom is -0.385 e. The van der Waals surface area contributed by atoms with Gasteiger partial charge in [0.1, 0.15) is 5.82 Å². The van der Waals surface area contributed by atoms with Gasteiger partial charge in [-0.15, -0.1) is 0 Å². The summed E-state index contributed by atoms with van der Waals surface area (Å²) in [6.45, 7) is 4.91. The summed E-state index contributed by atoms with van der Waals surface area (Å²) in [5, 5.41) is 4.40. The maximum Gasteiger partial charge on any atom is 0.258 e. The molecular weight excluding hydrogens is 372 g/mol. The van der Waals surface area contributed by atoms with Crippen LogP contribution in [0.4, 0.5) is 11.4 Å². The lowest BCUT2D eigenvalue weighted by Gasteiger charge is -2.13. The van der Waals surface area contributed by atoms with E-state index in [1.165, 1.54) is 0 Å². The molecule has 0 saturated carbocycles. The van der Waals surface area contributed by atoms with Crippen LogP contribution in [0, 0.1) is 6.92 Å². The van der Waals surface area contributed by atoms with E-state index in [-0.39, 0.29) is 5.56 Å². The minimum atomic E-state index is -0.102. The molecule has 3 aromatic rings. The Kier molecular flexibility index (Phi) is 7.06. The first-order valence-electron chi connectivity index (χ1n) is 9.41. The molecule has 0 spiro atoms. The molecule has 0 bridgehead atoms. The molecule has 1 unspecified atom stereocenters. The molecule has 28 heavy (non-hydrogen) atoms. The Labute approximate surface area is 169 Å². The lowest BCUT2D eigenvalue weighted by atomic mass is 10.2. The summed E-state index contributed by atoms with van der Waals surface area (Å²) >= 11 is 1.80. The predicted octanol–water partition coefficient (Wildman–Crippen LogP) is 4.42. The van der Waals surface area contributed by atoms with E-state index >= 15 is 0 Å². The molecule has 7 heteroatoms. The normalized spacial score (nSPS) is 12.2. The molecule has 0 aliphatic carbocycles. The van der Waals surface area contributed by atoms with Gasteiger partial charge in [-0.3, -0.25) is 9.78 Å². The third kappa shape index (κ3) is 5.33. The molecule has 2 N–H and O–H groups in total. The molecule has 0 aliphatic rings. The molecule has 1 atom stereocenters. The fourth-order valence-corrected chi connectivity index (χ4v) is 4.00. The topological polar surface area (TPSA) is 79.9 Å². The SMILES string of the molecule is CCC(CCOC)SCc1nc2cc(Nc3cncc(C)c3)ccc2c(=O)[nH]1. The summed E-state index contributed by atoms with van der Waals surface area (Å²) in [5.41, 5.74) is 3.45. The van der Waals surface area contributed by atoms with Crippen LogP contribution < -0.4 is 10.9 Å². The first-order chi connectivity index (χ1) is 13.6. The van der Waals surface area contributed by atoms with E-state index in [0.717, 1.165) is 36.4 Å². The molecule has 148 valence electrons. The highest BCUT2D eigenvalue weighted by molar-refractivity contribution is 7.99. The van der Waals surface area contributed by atoms with Crippen LogP contribution in [0.25, 0.3) is 10.9 Å². The van der Waals surface area contributed by atoms with Crippen LogP contribution in [-0.2, 0) is 10.5 Å². The van der Waals surface area contributed by atoms with E-state index in [9.17, 15) is 4.79 Å². The van der Waals surface area contributed by atoms with Gasteiger partial charge in [-0.05, 0) is 49.6 Å². The smallest absolute Gasteiger partial charge is 0.258 e. The minimum absolute atomic E-state index is 0.102. The summed E-state index contributed by atoms with van der Waals surface area (Å²) in [6.07, 6.45) is 5.64. The predicted molar refractivity (Wildman–Crippen MR) is 116 cm³/mol. The van der Waals surface area contributed by atoms with Crippen molar-refractivity contribution < 1.29 is 4.74 Å².